The van der Waals surface area contributed by atoms with Gasteiger partial charge in [0.1, 0.15) is 6.61 Å². The van der Waals surface area contributed by atoms with E-state index in [-0.39, 0.29) is 0 Å². The molecule has 1 fully saturated rings. The van der Waals surface area contributed by atoms with Gasteiger partial charge in [0.25, 0.3) is 0 Å². The fourth-order valence-corrected chi connectivity index (χ4v) is 3.06. The van der Waals surface area contributed by atoms with E-state index >= 15 is 0 Å². The van der Waals surface area contributed by atoms with Crippen LogP contribution in [0, 0.1) is 0 Å². The van der Waals surface area contributed by atoms with E-state index < -0.39 is 0 Å². The molecule has 0 aliphatic carbocycles. The summed E-state index contributed by atoms with van der Waals surface area (Å²) in [6, 6.07) is 10.7. The van der Waals surface area contributed by atoms with Crippen LogP contribution in [0.5, 0.6) is 11.5 Å². The molecule has 3 rings (SSSR count). The molecule has 5 nitrogen and oxygen atoms in total. The lowest BCUT2D eigenvalue weighted by atomic mass is 10.1. The molecule has 1 aromatic heterocycles. The zero-order valence-electron chi connectivity index (χ0n) is 15.1. The number of hydrogen-bond donors (Lipinski definition) is 1. The maximum absolute atomic E-state index is 5.96. The van der Waals surface area contributed by atoms with Crippen LogP contribution in [0.3, 0.4) is 0 Å². The molecule has 1 aliphatic heterocycles. The lowest BCUT2D eigenvalue weighted by molar-refractivity contribution is 0.234. The Bertz CT molecular complexity index is 655. The van der Waals surface area contributed by atoms with Crippen molar-refractivity contribution in [3.05, 3.63) is 53.9 Å². The summed E-state index contributed by atoms with van der Waals surface area (Å²) >= 11 is 0. The molecule has 1 aromatic carbocycles. The van der Waals surface area contributed by atoms with Gasteiger partial charge in [-0.3, -0.25) is 4.98 Å². The fraction of sp³-hybridized carbons (Fsp3) is 0.450. The Morgan fingerprint density at radius 1 is 1.16 bits per heavy atom. The average Bonchev–Trinajstić information content (AvgIpc) is 2.67. The molecule has 1 saturated heterocycles. The van der Waals surface area contributed by atoms with E-state index in [1.807, 2.05) is 24.4 Å². The molecule has 2 aromatic rings. The van der Waals surface area contributed by atoms with Crippen LogP contribution in [0.25, 0.3) is 0 Å². The van der Waals surface area contributed by atoms with Gasteiger partial charge in [-0.25, -0.2) is 0 Å². The second-order valence-corrected chi connectivity index (χ2v) is 6.59. The van der Waals surface area contributed by atoms with Gasteiger partial charge in [-0.05, 0) is 56.7 Å². The SMILES string of the molecule is COc1ccc(CNC2CCN(C)CC2)cc1OCc1cccnc1. The summed E-state index contributed by atoms with van der Waals surface area (Å²) in [6.45, 7) is 3.66. The Hall–Kier alpha value is -2.11. The third-order valence-corrected chi connectivity index (χ3v) is 4.66. The van der Waals surface area contributed by atoms with Crippen molar-refractivity contribution in [2.24, 2.45) is 0 Å². The van der Waals surface area contributed by atoms with Crippen LogP contribution in [0.4, 0.5) is 0 Å². The topological polar surface area (TPSA) is 46.6 Å². The predicted octanol–water partition coefficient (Wildman–Crippen LogP) is 2.85. The minimum atomic E-state index is 0.482. The van der Waals surface area contributed by atoms with Crippen molar-refractivity contribution in [2.45, 2.75) is 32.0 Å². The van der Waals surface area contributed by atoms with Gasteiger partial charge >= 0.3 is 0 Å². The number of ether oxygens (including phenoxy) is 2. The van der Waals surface area contributed by atoms with Crippen LogP contribution >= 0.6 is 0 Å². The highest BCUT2D eigenvalue weighted by atomic mass is 16.5. The van der Waals surface area contributed by atoms with Crippen molar-refractivity contribution in [2.75, 3.05) is 27.2 Å². The molecule has 25 heavy (non-hydrogen) atoms. The molecule has 1 N–H and O–H groups in total. The van der Waals surface area contributed by atoms with Gasteiger partial charge in [0.05, 0.1) is 7.11 Å². The number of methoxy groups -OCH3 is 1. The number of hydrogen-bond acceptors (Lipinski definition) is 5. The average molecular weight is 341 g/mol. The van der Waals surface area contributed by atoms with Crippen molar-refractivity contribution < 1.29 is 9.47 Å². The lowest BCUT2D eigenvalue weighted by Gasteiger charge is -2.29. The zero-order valence-corrected chi connectivity index (χ0v) is 15.1. The van der Waals surface area contributed by atoms with Crippen molar-refractivity contribution in [3.8, 4) is 11.5 Å². The number of nitrogens with zero attached hydrogens (tertiary/aromatic N) is 2. The number of benzene rings is 1. The van der Waals surface area contributed by atoms with E-state index in [0.29, 0.717) is 12.6 Å². The maximum atomic E-state index is 5.96. The van der Waals surface area contributed by atoms with Crippen LogP contribution in [0.2, 0.25) is 0 Å². The van der Waals surface area contributed by atoms with Crippen molar-refractivity contribution in [1.29, 1.82) is 0 Å². The minimum absolute atomic E-state index is 0.482. The highest BCUT2D eigenvalue weighted by molar-refractivity contribution is 5.43. The number of pyridine rings is 1. The number of piperidine rings is 1. The van der Waals surface area contributed by atoms with Crippen molar-refractivity contribution >= 4 is 0 Å². The molecule has 0 spiro atoms. The molecule has 0 atom stereocenters. The van der Waals surface area contributed by atoms with Gasteiger partial charge in [-0.2, -0.15) is 0 Å². The first-order chi connectivity index (χ1) is 12.2. The second kappa shape index (κ2) is 8.83. The van der Waals surface area contributed by atoms with E-state index in [9.17, 15) is 0 Å². The third kappa shape index (κ3) is 5.18. The zero-order chi connectivity index (χ0) is 17.5. The summed E-state index contributed by atoms with van der Waals surface area (Å²) in [5.41, 5.74) is 2.25. The minimum Gasteiger partial charge on any atom is -0.493 e. The molecule has 2 heterocycles. The third-order valence-electron chi connectivity index (χ3n) is 4.66. The molecule has 0 amide bonds. The van der Waals surface area contributed by atoms with Crippen molar-refractivity contribution in [3.63, 3.8) is 0 Å². The molecule has 0 radical (unpaired) electrons. The number of likely N-dealkylation sites (tertiary alicyclic amines) is 1. The molecule has 5 heteroatoms. The molecular formula is C20H27N3O2. The van der Waals surface area contributed by atoms with Crippen LogP contribution < -0.4 is 14.8 Å². The number of nitrogens with one attached hydrogen (secondary N) is 1. The molecular weight excluding hydrogens is 314 g/mol. The summed E-state index contributed by atoms with van der Waals surface area (Å²) in [4.78, 5) is 6.50. The Labute approximate surface area is 150 Å². The normalized spacial score (nSPS) is 15.9. The van der Waals surface area contributed by atoms with E-state index in [0.717, 1.165) is 23.6 Å². The van der Waals surface area contributed by atoms with Crippen LogP contribution in [-0.4, -0.2) is 43.2 Å². The summed E-state index contributed by atoms with van der Waals surface area (Å²) in [5, 5.41) is 3.66. The van der Waals surface area contributed by atoms with E-state index in [4.69, 9.17) is 9.47 Å². The summed E-state index contributed by atoms with van der Waals surface area (Å²) < 4.78 is 11.4. The maximum Gasteiger partial charge on any atom is 0.161 e. The van der Waals surface area contributed by atoms with Crippen LogP contribution in [-0.2, 0) is 13.2 Å². The van der Waals surface area contributed by atoms with Crippen LogP contribution in [0.1, 0.15) is 24.0 Å². The standard InChI is InChI=1S/C20H27N3O2/c1-23-10-7-18(8-11-23)22-14-16-5-6-19(24-2)20(12-16)25-15-17-4-3-9-21-13-17/h3-6,9,12-13,18,22H,7-8,10-11,14-15H2,1-2H3. The highest BCUT2D eigenvalue weighted by Crippen LogP contribution is 2.29. The summed E-state index contributed by atoms with van der Waals surface area (Å²) in [5.74, 6) is 1.53. The number of rotatable bonds is 7. The smallest absolute Gasteiger partial charge is 0.161 e. The Balaban J connectivity index is 1.59. The summed E-state index contributed by atoms with van der Waals surface area (Å²) in [6.07, 6.45) is 5.99. The van der Waals surface area contributed by atoms with Crippen molar-refractivity contribution in [1.82, 2.24) is 15.2 Å². The van der Waals surface area contributed by atoms with Crippen LogP contribution in [0.15, 0.2) is 42.7 Å². The fourth-order valence-electron chi connectivity index (χ4n) is 3.06. The lowest BCUT2D eigenvalue weighted by Crippen LogP contribution is -2.40. The summed E-state index contributed by atoms with van der Waals surface area (Å²) in [7, 11) is 3.86. The Kier molecular flexibility index (Phi) is 6.25. The molecule has 0 saturated carbocycles. The first-order valence-electron chi connectivity index (χ1n) is 8.85. The largest absolute Gasteiger partial charge is 0.493 e. The van der Waals surface area contributed by atoms with Gasteiger partial charge in [0.2, 0.25) is 0 Å². The quantitative estimate of drug-likeness (QED) is 0.839. The molecule has 1 aliphatic rings. The first-order valence-corrected chi connectivity index (χ1v) is 8.85. The Morgan fingerprint density at radius 2 is 2.00 bits per heavy atom. The second-order valence-electron chi connectivity index (χ2n) is 6.59. The van der Waals surface area contributed by atoms with Gasteiger partial charge < -0.3 is 19.7 Å². The monoisotopic (exact) mass is 341 g/mol. The predicted molar refractivity (Wildman–Crippen MR) is 98.9 cm³/mol. The highest BCUT2D eigenvalue weighted by Gasteiger charge is 2.16. The molecule has 0 unspecified atom stereocenters. The van der Waals surface area contributed by atoms with E-state index in [1.54, 1.807) is 13.3 Å². The van der Waals surface area contributed by atoms with Gasteiger partial charge in [-0.15, -0.1) is 0 Å². The van der Waals surface area contributed by atoms with Gasteiger partial charge in [-0.1, -0.05) is 12.1 Å². The Morgan fingerprint density at radius 3 is 2.72 bits per heavy atom. The molecule has 134 valence electrons. The molecule has 0 bridgehead atoms. The van der Waals surface area contributed by atoms with E-state index in [2.05, 4.69) is 34.4 Å². The first kappa shape index (κ1) is 17.7. The van der Waals surface area contributed by atoms with E-state index in [1.165, 1.54) is 31.5 Å². The number of aromatic nitrogens is 1. The van der Waals surface area contributed by atoms with Gasteiger partial charge in [0.15, 0.2) is 11.5 Å². The van der Waals surface area contributed by atoms with Gasteiger partial charge in [0, 0.05) is 30.5 Å².